The molecule has 0 spiro atoms. The van der Waals surface area contributed by atoms with Crippen LogP contribution < -0.4 is 16.0 Å². The Labute approximate surface area is 263 Å². The molecule has 3 aromatic carbocycles. The van der Waals surface area contributed by atoms with Crippen molar-refractivity contribution in [1.29, 1.82) is 0 Å². The zero-order chi connectivity index (χ0) is 30.1. The van der Waals surface area contributed by atoms with E-state index in [4.69, 9.17) is 42.1 Å². The topological polar surface area (TPSA) is 126 Å². The SMILES string of the molecule is O=C(OCC(COC(=O)c1ccccc1)OCn1c(COc2ccc(Cl)cc2Cl)c(I)c(=O)[nH]c1=O)c1ccccc1. The van der Waals surface area contributed by atoms with Crippen LogP contribution in [0.3, 0.4) is 0 Å². The van der Waals surface area contributed by atoms with Crippen LogP contribution in [0, 0.1) is 3.57 Å². The third-order valence-corrected chi connectivity index (χ3v) is 7.40. The number of aromatic amines is 1. The predicted octanol–water partition coefficient (Wildman–Crippen LogP) is 5.08. The fraction of sp³-hybridized carbons (Fsp3) is 0.172. The molecule has 1 heterocycles. The minimum atomic E-state index is -0.971. The number of H-pyrrole nitrogens is 1. The number of benzene rings is 3. The lowest BCUT2D eigenvalue weighted by molar-refractivity contribution is -0.0646. The van der Waals surface area contributed by atoms with Crippen molar-refractivity contribution in [2.24, 2.45) is 0 Å². The third-order valence-electron chi connectivity index (χ3n) is 5.76. The number of rotatable bonds is 12. The Morgan fingerprint density at radius 3 is 1.98 bits per heavy atom. The minimum Gasteiger partial charge on any atom is -0.486 e. The van der Waals surface area contributed by atoms with Gasteiger partial charge in [-0.25, -0.2) is 14.4 Å². The van der Waals surface area contributed by atoms with Crippen LogP contribution in [0.25, 0.3) is 0 Å². The van der Waals surface area contributed by atoms with E-state index >= 15 is 0 Å². The molecule has 4 aromatic rings. The van der Waals surface area contributed by atoms with E-state index in [9.17, 15) is 19.2 Å². The predicted molar refractivity (Wildman–Crippen MR) is 163 cm³/mol. The molecule has 10 nitrogen and oxygen atoms in total. The summed E-state index contributed by atoms with van der Waals surface area (Å²) in [4.78, 5) is 52.4. The molecule has 218 valence electrons. The number of nitrogens with zero attached hydrogens (tertiary/aromatic N) is 1. The number of ether oxygens (including phenoxy) is 4. The number of halogens is 3. The van der Waals surface area contributed by atoms with E-state index in [0.717, 1.165) is 4.57 Å². The Hall–Kier alpha value is -3.65. The van der Waals surface area contributed by atoms with Gasteiger partial charge in [0.15, 0.2) is 0 Å². The van der Waals surface area contributed by atoms with Gasteiger partial charge in [-0.15, -0.1) is 0 Å². The Balaban J connectivity index is 1.51. The van der Waals surface area contributed by atoms with Crippen molar-refractivity contribution in [3.05, 3.63) is 130 Å². The molecular weight excluding hydrogens is 702 g/mol. The number of carbonyl (C=O) groups is 2. The van der Waals surface area contributed by atoms with E-state index in [1.54, 1.807) is 95.4 Å². The molecule has 0 aliphatic heterocycles. The molecule has 0 saturated heterocycles. The van der Waals surface area contributed by atoms with Crippen molar-refractivity contribution in [1.82, 2.24) is 9.55 Å². The molecule has 0 atom stereocenters. The highest BCUT2D eigenvalue weighted by Crippen LogP contribution is 2.28. The fourth-order valence-electron chi connectivity index (χ4n) is 3.58. The average Bonchev–Trinajstić information content (AvgIpc) is 2.99. The van der Waals surface area contributed by atoms with Crippen molar-refractivity contribution in [3.63, 3.8) is 0 Å². The first-order valence-corrected chi connectivity index (χ1v) is 14.2. The van der Waals surface area contributed by atoms with Crippen molar-refractivity contribution in [2.75, 3.05) is 13.2 Å². The second kappa shape index (κ2) is 15.0. The van der Waals surface area contributed by atoms with Crippen LogP contribution in [0.4, 0.5) is 0 Å². The summed E-state index contributed by atoms with van der Waals surface area (Å²) in [5.74, 6) is -0.929. The first-order valence-electron chi connectivity index (χ1n) is 12.4. The highest BCUT2D eigenvalue weighted by Gasteiger charge is 2.20. The Kier molecular flexibility index (Phi) is 11.2. The van der Waals surface area contributed by atoms with Gasteiger partial charge in [-0.2, -0.15) is 0 Å². The number of aromatic nitrogens is 2. The molecule has 0 fully saturated rings. The van der Waals surface area contributed by atoms with Crippen LogP contribution in [0.2, 0.25) is 10.0 Å². The van der Waals surface area contributed by atoms with Gasteiger partial charge in [0.05, 0.1) is 21.8 Å². The summed E-state index contributed by atoms with van der Waals surface area (Å²) >= 11 is 13.9. The van der Waals surface area contributed by atoms with Gasteiger partial charge in [0.1, 0.15) is 42.0 Å². The summed E-state index contributed by atoms with van der Waals surface area (Å²) in [6.07, 6.45) is -0.971. The van der Waals surface area contributed by atoms with Crippen LogP contribution in [0.5, 0.6) is 5.75 Å². The highest BCUT2D eigenvalue weighted by atomic mass is 127. The maximum Gasteiger partial charge on any atom is 0.338 e. The molecule has 0 aliphatic rings. The van der Waals surface area contributed by atoms with Crippen LogP contribution in [0.1, 0.15) is 26.4 Å². The van der Waals surface area contributed by atoms with Gasteiger partial charge >= 0.3 is 17.6 Å². The lowest BCUT2D eigenvalue weighted by Gasteiger charge is -2.21. The summed E-state index contributed by atoms with van der Waals surface area (Å²) in [5, 5.41) is 0.656. The quantitative estimate of drug-likeness (QED) is 0.158. The molecule has 0 bridgehead atoms. The maximum atomic E-state index is 12.8. The Morgan fingerprint density at radius 1 is 0.857 bits per heavy atom. The van der Waals surface area contributed by atoms with Gasteiger partial charge in [0.2, 0.25) is 0 Å². The smallest absolute Gasteiger partial charge is 0.338 e. The summed E-state index contributed by atoms with van der Waals surface area (Å²) < 4.78 is 23.8. The summed E-state index contributed by atoms with van der Waals surface area (Å²) in [5.41, 5.74) is -0.518. The van der Waals surface area contributed by atoms with Gasteiger partial charge < -0.3 is 18.9 Å². The second-order valence-electron chi connectivity index (χ2n) is 8.66. The number of carbonyl (C=O) groups excluding carboxylic acids is 2. The molecule has 0 aliphatic carbocycles. The molecule has 4 rings (SSSR count). The number of nitrogens with one attached hydrogen (secondary N) is 1. The van der Waals surface area contributed by atoms with E-state index in [-0.39, 0.29) is 39.9 Å². The van der Waals surface area contributed by atoms with Crippen molar-refractivity contribution >= 4 is 57.7 Å². The molecule has 0 unspecified atom stereocenters. The normalized spacial score (nSPS) is 10.9. The molecule has 0 saturated carbocycles. The molecular formula is C29H23Cl2IN2O8. The zero-order valence-corrected chi connectivity index (χ0v) is 25.4. The highest BCUT2D eigenvalue weighted by molar-refractivity contribution is 14.1. The molecule has 42 heavy (non-hydrogen) atoms. The zero-order valence-electron chi connectivity index (χ0n) is 21.8. The van der Waals surface area contributed by atoms with E-state index in [2.05, 4.69) is 4.98 Å². The molecule has 0 radical (unpaired) electrons. The summed E-state index contributed by atoms with van der Waals surface area (Å²) in [6, 6.07) is 21.3. The molecule has 1 aromatic heterocycles. The lowest BCUT2D eigenvalue weighted by Crippen LogP contribution is -2.38. The van der Waals surface area contributed by atoms with Crippen molar-refractivity contribution in [2.45, 2.75) is 19.4 Å². The van der Waals surface area contributed by atoms with E-state index < -0.39 is 36.0 Å². The number of hydrogen-bond acceptors (Lipinski definition) is 8. The summed E-state index contributed by atoms with van der Waals surface area (Å²) in [7, 11) is 0. The fourth-order valence-corrected chi connectivity index (χ4v) is 4.63. The van der Waals surface area contributed by atoms with Crippen LogP contribution in [0.15, 0.2) is 88.5 Å². The van der Waals surface area contributed by atoms with Crippen LogP contribution in [-0.4, -0.2) is 40.8 Å². The average molecular weight is 725 g/mol. The van der Waals surface area contributed by atoms with E-state index in [1.807, 2.05) is 0 Å². The second-order valence-corrected chi connectivity index (χ2v) is 10.6. The Morgan fingerprint density at radius 2 is 1.43 bits per heavy atom. The minimum absolute atomic E-state index is 0.184. The van der Waals surface area contributed by atoms with Gasteiger partial charge in [-0.05, 0) is 65.1 Å². The van der Waals surface area contributed by atoms with Gasteiger partial charge in [0.25, 0.3) is 5.56 Å². The van der Waals surface area contributed by atoms with Gasteiger partial charge in [-0.3, -0.25) is 14.3 Å². The van der Waals surface area contributed by atoms with E-state index in [0.29, 0.717) is 16.1 Å². The number of esters is 2. The first-order chi connectivity index (χ1) is 20.2. The van der Waals surface area contributed by atoms with Crippen molar-refractivity contribution in [3.8, 4) is 5.75 Å². The van der Waals surface area contributed by atoms with Crippen LogP contribution in [-0.2, 0) is 27.5 Å². The number of hydrogen-bond donors (Lipinski definition) is 1. The van der Waals surface area contributed by atoms with Gasteiger partial charge in [-0.1, -0.05) is 59.6 Å². The third kappa shape index (κ3) is 8.44. The Bertz CT molecular complexity index is 1610. The maximum absolute atomic E-state index is 12.8. The van der Waals surface area contributed by atoms with Crippen molar-refractivity contribution < 1.29 is 28.5 Å². The molecule has 1 N–H and O–H groups in total. The molecule has 13 heteroatoms. The largest absolute Gasteiger partial charge is 0.486 e. The standard InChI is InChI=1S/C29H23Cl2IN2O8/c30-20-11-12-24(22(31)13-20)39-16-23-25(32)26(35)33-29(38)34(23)17-42-21(14-40-27(36)18-7-3-1-4-8-18)15-41-28(37)19-9-5-2-6-10-19/h1-13,21H,14-17H2,(H,33,35,38). The monoisotopic (exact) mass is 724 g/mol. The van der Waals surface area contributed by atoms with Gasteiger partial charge in [0, 0.05) is 5.02 Å². The summed E-state index contributed by atoms with van der Waals surface area (Å²) in [6.45, 7) is -1.19. The van der Waals surface area contributed by atoms with Crippen LogP contribution >= 0.6 is 45.8 Å². The van der Waals surface area contributed by atoms with E-state index in [1.165, 1.54) is 6.07 Å². The first kappa shape index (κ1) is 31.3. The lowest BCUT2D eigenvalue weighted by atomic mass is 10.2. The molecule has 0 amide bonds.